The molecule has 0 aliphatic rings. The van der Waals surface area contributed by atoms with Crippen LogP contribution < -0.4 is 5.32 Å². The molecular formula is C15H18INS. The van der Waals surface area contributed by atoms with Crippen LogP contribution in [0.2, 0.25) is 0 Å². The number of halogens is 1. The minimum absolute atomic E-state index is 0.440. The second-order valence-electron chi connectivity index (χ2n) is 4.41. The fraction of sp³-hybridized carbons (Fsp3) is 0.333. The number of benzene rings is 1. The van der Waals surface area contributed by atoms with E-state index in [4.69, 9.17) is 0 Å². The number of rotatable bonds is 5. The molecule has 1 aromatic carbocycles. The Morgan fingerprint density at radius 2 is 1.94 bits per heavy atom. The van der Waals surface area contributed by atoms with E-state index in [-0.39, 0.29) is 0 Å². The average Bonchev–Trinajstić information content (AvgIpc) is 2.78. The topological polar surface area (TPSA) is 12.0 Å². The average molecular weight is 371 g/mol. The molecule has 0 aliphatic heterocycles. The number of likely N-dealkylation sites (N-methyl/N-ethyl adjacent to an activating group) is 1. The molecule has 1 nitrogen and oxygen atoms in total. The molecule has 0 bridgehead atoms. The first kappa shape index (κ1) is 14.0. The van der Waals surface area contributed by atoms with Gasteiger partial charge in [0, 0.05) is 14.5 Å². The Labute approximate surface area is 127 Å². The molecule has 0 radical (unpaired) electrons. The van der Waals surface area contributed by atoms with E-state index in [9.17, 15) is 0 Å². The fourth-order valence-electron chi connectivity index (χ4n) is 2.10. The van der Waals surface area contributed by atoms with Gasteiger partial charge in [-0.25, -0.2) is 0 Å². The van der Waals surface area contributed by atoms with E-state index in [1.54, 1.807) is 0 Å². The zero-order valence-electron chi connectivity index (χ0n) is 10.7. The number of aryl methyl sites for hydroxylation is 1. The molecule has 2 rings (SSSR count). The van der Waals surface area contributed by atoms with Crippen LogP contribution in [0, 0.1) is 10.5 Å². The number of hydrogen-bond donors (Lipinski definition) is 1. The van der Waals surface area contributed by atoms with E-state index in [0.717, 1.165) is 13.0 Å². The third-order valence-electron chi connectivity index (χ3n) is 3.02. The van der Waals surface area contributed by atoms with Gasteiger partial charge in [-0.05, 0) is 77.2 Å². The zero-order valence-corrected chi connectivity index (χ0v) is 13.7. The SMILES string of the molecule is CCNC(Cc1ccc(I)cc1)c1sccc1C. The molecule has 1 unspecified atom stereocenters. The Bertz CT molecular complexity index is 489. The second kappa shape index (κ2) is 6.68. The van der Waals surface area contributed by atoms with Gasteiger partial charge in [-0.2, -0.15) is 0 Å². The maximum absolute atomic E-state index is 3.60. The third-order valence-corrected chi connectivity index (χ3v) is 4.87. The molecule has 96 valence electrons. The highest BCUT2D eigenvalue weighted by Gasteiger charge is 2.14. The van der Waals surface area contributed by atoms with Crippen molar-refractivity contribution in [2.75, 3.05) is 6.54 Å². The summed E-state index contributed by atoms with van der Waals surface area (Å²) < 4.78 is 1.30. The van der Waals surface area contributed by atoms with Crippen molar-refractivity contribution in [1.29, 1.82) is 0 Å². The van der Waals surface area contributed by atoms with Gasteiger partial charge < -0.3 is 5.32 Å². The van der Waals surface area contributed by atoms with Crippen LogP contribution in [0.15, 0.2) is 35.7 Å². The van der Waals surface area contributed by atoms with Crippen LogP contribution in [0.1, 0.15) is 29.0 Å². The van der Waals surface area contributed by atoms with Crippen molar-refractivity contribution in [3.63, 3.8) is 0 Å². The molecule has 0 aliphatic carbocycles. The normalized spacial score (nSPS) is 12.6. The predicted molar refractivity (Wildman–Crippen MR) is 88.3 cm³/mol. The summed E-state index contributed by atoms with van der Waals surface area (Å²) >= 11 is 4.21. The lowest BCUT2D eigenvalue weighted by Gasteiger charge is -2.18. The molecule has 0 spiro atoms. The summed E-state index contributed by atoms with van der Waals surface area (Å²) in [7, 11) is 0. The Kier molecular flexibility index (Phi) is 5.21. The lowest BCUT2D eigenvalue weighted by atomic mass is 10.0. The van der Waals surface area contributed by atoms with Crippen molar-refractivity contribution < 1.29 is 0 Å². The van der Waals surface area contributed by atoms with Crippen LogP contribution in [0.5, 0.6) is 0 Å². The van der Waals surface area contributed by atoms with Crippen molar-refractivity contribution in [1.82, 2.24) is 5.32 Å². The van der Waals surface area contributed by atoms with Crippen LogP contribution in [-0.4, -0.2) is 6.54 Å². The van der Waals surface area contributed by atoms with E-state index in [1.807, 2.05) is 11.3 Å². The molecule has 0 amide bonds. The van der Waals surface area contributed by atoms with Crippen LogP contribution >= 0.6 is 33.9 Å². The molecule has 1 atom stereocenters. The minimum Gasteiger partial charge on any atom is -0.309 e. The quantitative estimate of drug-likeness (QED) is 0.761. The molecular weight excluding hydrogens is 353 g/mol. The fourth-order valence-corrected chi connectivity index (χ4v) is 3.46. The summed E-state index contributed by atoms with van der Waals surface area (Å²) in [5.74, 6) is 0. The van der Waals surface area contributed by atoms with E-state index in [2.05, 4.69) is 77.5 Å². The third kappa shape index (κ3) is 3.56. The summed E-state index contributed by atoms with van der Waals surface area (Å²) in [6.07, 6.45) is 1.06. The summed E-state index contributed by atoms with van der Waals surface area (Å²) in [6, 6.07) is 11.5. The van der Waals surface area contributed by atoms with Gasteiger partial charge >= 0.3 is 0 Å². The largest absolute Gasteiger partial charge is 0.309 e. The zero-order chi connectivity index (χ0) is 13.0. The first-order chi connectivity index (χ1) is 8.70. The summed E-state index contributed by atoms with van der Waals surface area (Å²) in [5, 5.41) is 5.78. The Morgan fingerprint density at radius 1 is 1.22 bits per heavy atom. The van der Waals surface area contributed by atoms with E-state index >= 15 is 0 Å². The summed E-state index contributed by atoms with van der Waals surface area (Å²) in [4.78, 5) is 1.47. The molecule has 0 saturated carbocycles. The minimum atomic E-state index is 0.440. The van der Waals surface area contributed by atoms with Gasteiger partial charge in [0.15, 0.2) is 0 Å². The highest BCUT2D eigenvalue weighted by Crippen LogP contribution is 2.27. The van der Waals surface area contributed by atoms with Crippen molar-refractivity contribution in [2.45, 2.75) is 26.3 Å². The smallest absolute Gasteiger partial charge is 0.0458 e. The molecule has 3 heteroatoms. The number of nitrogens with one attached hydrogen (secondary N) is 1. The second-order valence-corrected chi connectivity index (χ2v) is 6.60. The number of thiophene rings is 1. The highest BCUT2D eigenvalue weighted by atomic mass is 127. The monoisotopic (exact) mass is 371 g/mol. The lowest BCUT2D eigenvalue weighted by molar-refractivity contribution is 0.556. The van der Waals surface area contributed by atoms with Crippen LogP contribution in [0.4, 0.5) is 0 Å². The number of hydrogen-bond acceptors (Lipinski definition) is 2. The van der Waals surface area contributed by atoms with E-state index in [0.29, 0.717) is 6.04 Å². The van der Waals surface area contributed by atoms with Crippen molar-refractivity contribution in [3.8, 4) is 0 Å². The standard InChI is InChI=1S/C15H18INS/c1-3-17-14(15-11(2)8-9-18-15)10-12-4-6-13(16)7-5-12/h4-9,14,17H,3,10H2,1-2H3. The predicted octanol–water partition coefficient (Wildman–Crippen LogP) is 4.55. The molecule has 0 fully saturated rings. The highest BCUT2D eigenvalue weighted by molar-refractivity contribution is 14.1. The molecule has 2 aromatic rings. The van der Waals surface area contributed by atoms with Gasteiger partial charge in [-0.15, -0.1) is 11.3 Å². The van der Waals surface area contributed by atoms with Crippen molar-refractivity contribution in [2.24, 2.45) is 0 Å². The Hall–Kier alpha value is -0.390. The maximum atomic E-state index is 3.60. The Morgan fingerprint density at radius 3 is 2.50 bits per heavy atom. The molecule has 1 heterocycles. The van der Waals surface area contributed by atoms with Gasteiger partial charge in [0.05, 0.1) is 0 Å². The van der Waals surface area contributed by atoms with Crippen molar-refractivity contribution in [3.05, 3.63) is 55.3 Å². The van der Waals surface area contributed by atoms with Crippen LogP contribution in [-0.2, 0) is 6.42 Å². The van der Waals surface area contributed by atoms with E-state index in [1.165, 1.54) is 19.6 Å². The van der Waals surface area contributed by atoms with E-state index < -0.39 is 0 Å². The maximum Gasteiger partial charge on any atom is 0.0458 e. The van der Waals surface area contributed by atoms with Gasteiger partial charge in [0.1, 0.15) is 0 Å². The molecule has 1 aromatic heterocycles. The molecule has 1 N–H and O–H groups in total. The lowest BCUT2D eigenvalue weighted by Crippen LogP contribution is -2.22. The Balaban J connectivity index is 2.16. The van der Waals surface area contributed by atoms with Crippen molar-refractivity contribution >= 4 is 33.9 Å². The van der Waals surface area contributed by atoms with Gasteiger partial charge in [0.2, 0.25) is 0 Å². The van der Waals surface area contributed by atoms with Gasteiger partial charge in [-0.3, -0.25) is 0 Å². The summed E-state index contributed by atoms with van der Waals surface area (Å²) in [6.45, 7) is 5.38. The molecule has 18 heavy (non-hydrogen) atoms. The van der Waals surface area contributed by atoms with Crippen LogP contribution in [0.3, 0.4) is 0 Å². The molecule has 0 saturated heterocycles. The summed E-state index contributed by atoms with van der Waals surface area (Å²) in [5.41, 5.74) is 2.80. The first-order valence-corrected chi connectivity index (χ1v) is 8.18. The first-order valence-electron chi connectivity index (χ1n) is 6.22. The van der Waals surface area contributed by atoms with Gasteiger partial charge in [-0.1, -0.05) is 19.1 Å². The van der Waals surface area contributed by atoms with Crippen LogP contribution in [0.25, 0.3) is 0 Å². The van der Waals surface area contributed by atoms with Gasteiger partial charge in [0.25, 0.3) is 0 Å².